The predicted octanol–water partition coefficient (Wildman–Crippen LogP) is 3.33. The zero-order valence-corrected chi connectivity index (χ0v) is 14.9. The molecule has 24 heavy (non-hydrogen) atoms. The Morgan fingerprint density at radius 1 is 1.04 bits per heavy atom. The summed E-state index contributed by atoms with van der Waals surface area (Å²) in [4.78, 5) is 0.109. The van der Waals surface area contributed by atoms with Gasteiger partial charge in [-0.1, -0.05) is 55.0 Å². The Hall–Kier alpha value is -1.69. The summed E-state index contributed by atoms with van der Waals surface area (Å²) in [5.41, 5.74) is 2.17. The molecule has 2 aromatic rings. The molecule has 0 saturated heterocycles. The van der Waals surface area contributed by atoms with E-state index in [9.17, 15) is 13.5 Å². The highest BCUT2D eigenvalue weighted by Crippen LogP contribution is 2.17. The molecule has 4 nitrogen and oxygen atoms in total. The fourth-order valence-electron chi connectivity index (χ4n) is 2.33. The Balaban J connectivity index is 1.85. The molecule has 0 aliphatic rings. The molecule has 0 fully saturated rings. The van der Waals surface area contributed by atoms with Gasteiger partial charge >= 0.3 is 0 Å². The first-order chi connectivity index (χ1) is 11.4. The first-order valence-corrected chi connectivity index (χ1v) is 9.47. The maximum atomic E-state index is 12.1. The second-order valence-electron chi connectivity index (χ2n) is 6.12. The molecule has 2 atom stereocenters. The number of aliphatic hydroxyl groups is 1. The van der Waals surface area contributed by atoms with Gasteiger partial charge in [0.1, 0.15) is 0 Å². The lowest BCUT2D eigenvalue weighted by Gasteiger charge is -2.18. The molecule has 2 rings (SSSR count). The van der Waals surface area contributed by atoms with Gasteiger partial charge in [0.25, 0.3) is 10.1 Å². The summed E-state index contributed by atoms with van der Waals surface area (Å²) >= 11 is 0. The lowest BCUT2D eigenvalue weighted by atomic mass is 9.96. The van der Waals surface area contributed by atoms with Crippen molar-refractivity contribution in [3.8, 4) is 0 Å². The van der Waals surface area contributed by atoms with Crippen molar-refractivity contribution in [2.75, 3.05) is 6.61 Å². The minimum Gasteiger partial charge on any atom is -0.390 e. The summed E-state index contributed by atoms with van der Waals surface area (Å²) in [6.07, 6.45) is 0.775. The van der Waals surface area contributed by atoms with Crippen LogP contribution in [0.5, 0.6) is 0 Å². The van der Waals surface area contributed by atoms with Crippen LogP contribution in [-0.2, 0) is 20.7 Å². The van der Waals surface area contributed by atoms with Crippen LogP contribution in [0.4, 0.5) is 0 Å². The van der Waals surface area contributed by atoms with Crippen LogP contribution in [0, 0.1) is 12.8 Å². The zero-order chi connectivity index (χ0) is 17.6. The average molecular weight is 348 g/mol. The molecule has 0 aromatic heterocycles. The summed E-state index contributed by atoms with van der Waals surface area (Å²) in [6, 6.07) is 16.5. The van der Waals surface area contributed by atoms with Crippen molar-refractivity contribution in [1.82, 2.24) is 0 Å². The number of hydrogen-bond donors (Lipinski definition) is 1. The van der Waals surface area contributed by atoms with Gasteiger partial charge in [0.2, 0.25) is 0 Å². The fraction of sp³-hybridized carbons (Fsp3) is 0.368. The highest BCUT2D eigenvalue weighted by molar-refractivity contribution is 7.86. The topological polar surface area (TPSA) is 63.6 Å². The molecular weight excluding hydrogens is 324 g/mol. The maximum Gasteiger partial charge on any atom is 0.297 e. The molecule has 5 heteroatoms. The lowest BCUT2D eigenvalue weighted by Crippen LogP contribution is -2.26. The Morgan fingerprint density at radius 2 is 1.67 bits per heavy atom. The van der Waals surface area contributed by atoms with Crippen molar-refractivity contribution in [3.63, 3.8) is 0 Å². The summed E-state index contributed by atoms with van der Waals surface area (Å²) in [5, 5.41) is 10.2. The van der Waals surface area contributed by atoms with Gasteiger partial charge < -0.3 is 5.11 Å². The lowest BCUT2D eigenvalue weighted by molar-refractivity contribution is 0.0629. The molecule has 130 valence electrons. The van der Waals surface area contributed by atoms with Crippen molar-refractivity contribution in [2.45, 2.75) is 37.7 Å². The van der Waals surface area contributed by atoms with E-state index in [0.29, 0.717) is 0 Å². The first-order valence-electron chi connectivity index (χ1n) is 8.06. The third-order valence-corrected chi connectivity index (χ3v) is 5.39. The van der Waals surface area contributed by atoms with Gasteiger partial charge in [-0.3, -0.25) is 4.18 Å². The van der Waals surface area contributed by atoms with E-state index in [1.54, 1.807) is 12.1 Å². The smallest absolute Gasteiger partial charge is 0.297 e. The van der Waals surface area contributed by atoms with Crippen LogP contribution in [0.25, 0.3) is 0 Å². The average Bonchev–Trinajstić information content (AvgIpc) is 2.59. The Kier molecular flexibility index (Phi) is 6.54. The Labute approximate surface area is 144 Å². The molecule has 0 heterocycles. The van der Waals surface area contributed by atoms with Crippen LogP contribution in [0.15, 0.2) is 59.5 Å². The van der Waals surface area contributed by atoms with Gasteiger partial charge in [-0.15, -0.1) is 0 Å². The number of aliphatic hydroxyl groups excluding tert-OH is 1. The zero-order valence-electron chi connectivity index (χ0n) is 14.1. The SMILES string of the molecule is Cc1ccc(S(=O)(=O)OC[C@@H](O)[C@H](C)CCc2ccccc2)cc1. The first kappa shape index (κ1) is 18.6. The normalized spacial score (nSPS) is 14.3. The molecular formula is C19H24O4S. The molecule has 1 N–H and O–H groups in total. The Morgan fingerprint density at radius 3 is 2.29 bits per heavy atom. The minimum absolute atomic E-state index is 0.0570. The van der Waals surface area contributed by atoms with Crippen molar-refractivity contribution in [3.05, 3.63) is 65.7 Å². The molecule has 0 saturated carbocycles. The predicted molar refractivity (Wildman–Crippen MR) is 94.3 cm³/mol. The quantitative estimate of drug-likeness (QED) is 0.743. The van der Waals surface area contributed by atoms with Crippen molar-refractivity contribution < 1.29 is 17.7 Å². The number of benzene rings is 2. The van der Waals surface area contributed by atoms with Crippen LogP contribution in [-0.4, -0.2) is 26.2 Å². The van der Waals surface area contributed by atoms with Gasteiger partial charge in [-0.05, 0) is 43.4 Å². The van der Waals surface area contributed by atoms with Crippen LogP contribution >= 0.6 is 0 Å². The van der Waals surface area contributed by atoms with Crippen molar-refractivity contribution in [1.29, 1.82) is 0 Å². The van der Waals surface area contributed by atoms with Crippen molar-refractivity contribution in [2.24, 2.45) is 5.92 Å². The largest absolute Gasteiger partial charge is 0.390 e. The van der Waals surface area contributed by atoms with E-state index in [1.807, 2.05) is 44.2 Å². The fourth-order valence-corrected chi connectivity index (χ4v) is 3.25. The van der Waals surface area contributed by atoms with Gasteiger partial charge in [0.05, 0.1) is 17.6 Å². The molecule has 0 spiro atoms. The minimum atomic E-state index is -3.83. The molecule has 0 bridgehead atoms. The molecule has 0 aliphatic carbocycles. The van der Waals surface area contributed by atoms with E-state index < -0.39 is 16.2 Å². The van der Waals surface area contributed by atoms with Crippen LogP contribution in [0.2, 0.25) is 0 Å². The maximum absolute atomic E-state index is 12.1. The Bertz CT molecular complexity index is 724. The molecule has 0 amide bonds. The van der Waals surface area contributed by atoms with E-state index in [0.717, 1.165) is 18.4 Å². The van der Waals surface area contributed by atoms with Gasteiger partial charge in [-0.2, -0.15) is 8.42 Å². The van der Waals surface area contributed by atoms with Crippen molar-refractivity contribution >= 4 is 10.1 Å². The molecule has 0 aliphatic heterocycles. The summed E-state index contributed by atoms with van der Waals surface area (Å²) < 4.78 is 29.2. The van der Waals surface area contributed by atoms with E-state index in [4.69, 9.17) is 4.18 Å². The number of rotatable bonds is 8. The summed E-state index contributed by atoms with van der Waals surface area (Å²) in [5.74, 6) is -0.0570. The van der Waals surface area contributed by atoms with Gasteiger partial charge in [0.15, 0.2) is 0 Å². The standard InChI is InChI=1S/C19H24O4S/c1-15-8-12-18(13-9-15)24(21,22)23-14-19(20)16(2)10-11-17-6-4-3-5-7-17/h3-9,12-13,16,19-20H,10-11,14H2,1-2H3/t16-,19-/m1/s1. The monoisotopic (exact) mass is 348 g/mol. The highest BCUT2D eigenvalue weighted by Gasteiger charge is 2.20. The third-order valence-electron chi connectivity index (χ3n) is 4.09. The second kappa shape index (κ2) is 8.42. The molecule has 2 aromatic carbocycles. The summed E-state index contributed by atoms with van der Waals surface area (Å²) in [7, 11) is -3.83. The highest BCUT2D eigenvalue weighted by atomic mass is 32.2. The molecule has 0 radical (unpaired) electrons. The van der Waals surface area contributed by atoms with Crippen LogP contribution in [0.1, 0.15) is 24.5 Å². The van der Waals surface area contributed by atoms with Gasteiger partial charge in [-0.25, -0.2) is 0 Å². The van der Waals surface area contributed by atoms with E-state index in [2.05, 4.69) is 0 Å². The van der Waals surface area contributed by atoms with Crippen LogP contribution in [0.3, 0.4) is 0 Å². The summed E-state index contributed by atoms with van der Waals surface area (Å²) in [6.45, 7) is 3.55. The van der Waals surface area contributed by atoms with E-state index in [-0.39, 0.29) is 17.4 Å². The van der Waals surface area contributed by atoms with Crippen LogP contribution < -0.4 is 0 Å². The molecule has 0 unspecified atom stereocenters. The third kappa shape index (κ3) is 5.44. The van der Waals surface area contributed by atoms with E-state index in [1.165, 1.54) is 17.7 Å². The number of hydrogen-bond acceptors (Lipinski definition) is 4. The van der Waals surface area contributed by atoms with E-state index >= 15 is 0 Å². The van der Waals surface area contributed by atoms with Gasteiger partial charge in [0, 0.05) is 0 Å². The number of aryl methyl sites for hydroxylation is 2. The second-order valence-corrected chi connectivity index (χ2v) is 7.74.